The Morgan fingerprint density at radius 3 is 2.77 bits per heavy atom. The quantitative estimate of drug-likeness (QED) is 0.572. The second-order valence-electron chi connectivity index (χ2n) is 4.66. The van der Waals surface area contributed by atoms with Crippen molar-refractivity contribution in [3.63, 3.8) is 0 Å². The predicted octanol–water partition coefficient (Wildman–Crippen LogP) is 2.78. The van der Waals surface area contributed by atoms with E-state index in [1.54, 1.807) is 6.07 Å². The molecular formula is C16H14N4O2. The number of furan rings is 1. The van der Waals surface area contributed by atoms with Crippen molar-refractivity contribution in [3.8, 4) is 11.3 Å². The van der Waals surface area contributed by atoms with Gasteiger partial charge in [-0.1, -0.05) is 30.3 Å². The highest BCUT2D eigenvalue weighted by Gasteiger charge is 2.03. The highest BCUT2D eigenvalue weighted by molar-refractivity contribution is 5.76. The van der Waals surface area contributed by atoms with Crippen LogP contribution in [0.4, 0.5) is 5.95 Å². The molecule has 1 aromatic carbocycles. The summed E-state index contributed by atoms with van der Waals surface area (Å²) in [5.41, 5.74) is 3.89. The third-order valence-corrected chi connectivity index (χ3v) is 2.93. The maximum atomic E-state index is 11.7. The normalized spacial score (nSPS) is 11.0. The fourth-order valence-electron chi connectivity index (χ4n) is 1.95. The second kappa shape index (κ2) is 6.09. The Balaban J connectivity index is 1.81. The first-order valence-corrected chi connectivity index (χ1v) is 6.73. The van der Waals surface area contributed by atoms with E-state index >= 15 is 0 Å². The third-order valence-electron chi connectivity index (χ3n) is 2.93. The average Bonchev–Trinajstić information content (AvgIpc) is 2.93. The second-order valence-corrected chi connectivity index (χ2v) is 4.66. The van der Waals surface area contributed by atoms with Gasteiger partial charge in [0.25, 0.3) is 5.56 Å². The van der Waals surface area contributed by atoms with Gasteiger partial charge in [0.05, 0.1) is 11.9 Å². The lowest BCUT2D eigenvalue weighted by atomic mass is 10.1. The lowest BCUT2D eigenvalue weighted by Gasteiger charge is -2.03. The van der Waals surface area contributed by atoms with Crippen molar-refractivity contribution in [1.82, 2.24) is 9.97 Å². The average molecular weight is 294 g/mol. The van der Waals surface area contributed by atoms with Crippen molar-refractivity contribution >= 4 is 12.2 Å². The largest absolute Gasteiger partial charge is 0.460 e. The van der Waals surface area contributed by atoms with Crippen LogP contribution in [-0.2, 0) is 0 Å². The number of hydrogen-bond acceptors (Lipinski definition) is 5. The molecule has 0 fully saturated rings. The van der Waals surface area contributed by atoms with Crippen LogP contribution < -0.4 is 11.0 Å². The number of hydrazone groups is 1. The number of aromatic amines is 1. The number of hydrogen-bond donors (Lipinski definition) is 2. The first-order valence-electron chi connectivity index (χ1n) is 6.73. The molecule has 0 bridgehead atoms. The molecule has 0 unspecified atom stereocenters. The minimum atomic E-state index is -0.250. The summed E-state index contributed by atoms with van der Waals surface area (Å²) >= 11 is 0. The Morgan fingerprint density at radius 2 is 2.05 bits per heavy atom. The first kappa shape index (κ1) is 13.8. The lowest BCUT2D eigenvalue weighted by Crippen LogP contribution is -2.10. The maximum Gasteiger partial charge on any atom is 0.252 e. The van der Waals surface area contributed by atoms with Crippen molar-refractivity contribution in [2.45, 2.75) is 6.92 Å². The van der Waals surface area contributed by atoms with Gasteiger partial charge in [-0.3, -0.25) is 9.78 Å². The molecule has 0 amide bonds. The molecule has 2 N–H and O–H groups in total. The van der Waals surface area contributed by atoms with Gasteiger partial charge in [0.2, 0.25) is 5.95 Å². The van der Waals surface area contributed by atoms with Gasteiger partial charge >= 0.3 is 0 Å². The monoisotopic (exact) mass is 294 g/mol. The van der Waals surface area contributed by atoms with E-state index in [-0.39, 0.29) is 11.5 Å². The summed E-state index contributed by atoms with van der Waals surface area (Å²) in [5, 5.41) is 4.00. The summed E-state index contributed by atoms with van der Waals surface area (Å²) in [6.45, 7) is 1.85. The fourth-order valence-corrected chi connectivity index (χ4v) is 1.95. The van der Waals surface area contributed by atoms with Crippen LogP contribution in [0.3, 0.4) is 0 Å². The number of nitrogens with zero attached hydrogens (tertiary/aromatic N) is 2. The van der Waals surface area contributed by atoms with Crippen LogP contribution in [-0.4, -0.2) is 16.2 Å². The molecule has 0 radical (unpaired) electrons. The molecule has 0 saturated carbocycles. The van der Waals surface area contributed by atoms with Crippen molar-refractivity contribution in [2.75, 3.05) is 5.43 Å². The number of aromatic nitrogens is 2. The van der Waals surface area contributed by atoms with Gasteiger partial charge in [-0.05, 0) is 19.1 Å². The Labute approximate surface area is 126 Å². The van der Waals surface area contributed by atoms with E-state index < -0.39 is 0 Å². The van der Waals surface area contributed by atoms with Crippen molar-refractivity contribution in [3.05, 3.63) is 70.4 Å². The zero-order valence-electron chi connectivity index (χ0n) is 11.9. The number of anilines is 1. The topological polar surface area (TPSA) is 83.3 Å². The van der Waals surface area contributed by atoms with E-state index in [9.17, 15) is 4.79 Å². The van der Waals surface area contributed by atoms with Gasteiger partial charge < -0.3 is 4.42 Å². The van der Waals surface area contributed by atoms with Gasteiger partial charge in [0.1, 0.15) is 11.5 Å². The summed E-state index contributed by atoms with van der Waals surface area (Å²) in [7, 11) is 0. The molecule has 0 saturated heterocycles. The molecule has 3 aromatic rings. The minimum Gasteiger partial charge on any atom is -0.460 e. The van der Waals surface area contributed by atoms with Gasteiger partial charge in [0.15, 0.2) is 0 Å². The highest BCUT2D eigenvalue weighted by Crippen LogP contribution is 2.15. The van der Waals surface area contributed by atoms with Gasteiger partial charge in [-0.15, -0.1) is 0 Å². The number of benzene rings is 1. The number of H-pyrrole nitrogens is 1. The van der Waals surface area contributed by atoms with Crippen LogP contribution >= 0.6 is 0 Å². The van der Waals surface area contributed by atoms with Crippen molar-refractivity contribution in [2.24, 2.45) is 5.10 Å². The van der Waals surface area contributed by atoms with Crippen LogP contribution in [0.5, 0.6) is 0 Å². The SMILES string of the molecule is Cc1ccc(/C=N/Nc2nc(-c3ccccc3)cc(=O)[nH]2)o1. The molecule has 6 heteroatoms. The third kappa shape index (κ3) is 3.29. The maximum absolute atomic E-state index is 11.7. The van der Waals surface area contributed by atoms with Crippen LogP contribution in [0.2, 0.25) is 0 Å². The van der Waals surface area contributed by atoms with E-state index in [1.165, 1.54) is 12.3 Å². The molecule has 6 nitrogen and oxygen atoms in total. The highest BCUT2D eigenvalue weighted by atomic mass is 16.3. The molecule has 0 aliphatic rings. The van der Waals surface area contributed by atoms with Crippen LogP contribution in [0.1, 0.15) is 11.5 Å². The predicted molar refractivity (Wildman–Crippen MR) is 85.0 cm³/mol. The number of nitrogens with one attached hydrogen (secondary N) is 2. The molecule has 0 aliphatic heterocycles. The summed E-state index contributed by atoms with van der Waals surface area (Å²) in [6.07, 6.45) is 1.52. The Morgan fingerprint density at radius 1 is 1.23 bits per heavy atom. The zero-order valence-corrected chi connectivity index (χ0v) is 11.9. The molecule has 110 valence electrons. The van der Waals surface area contributed by atoms with Crippen LogP contribution in [0.25, 0.3) is 11.3 Å². The molecule has 2 heterocycles. The van der Waals surface area contributed by atoms with Gasteiger partial charge in [0, 0.05) is 11.6 Å². The van der Waals surface area contributed by atoms with Crippen molar-refractivity contribution in [1.29, 1.82) is 0 Å². The Kier molecular flexibility index (Phi) is 3.82. The fraction of sp³-hybridized carbons (Fsp3) is 0.0625. The van der Waals surface area contributed by atoms with Crippen molar-refractivity contribution < 1.29 is 4.42 Å². The van der Waals surface area contributed by atoms with E-state index in [0.29, 0.717) is 11.5 Å². The van der Waals surface area contributed by atoms with Gasteiger partial charge in [-0.2, -0.15) is 5.10 Å². The molecular weight excluding hydrogens is 280 g/mol. The number of aryl methyl sites for hydroxylation is 1. The smallest absolute Gasteiger partial charge is 0.252 e. The van der Waals surface area contributed by atoms with E-state index in [1.807, 2.05) is 43.3 Å². The summed E-state index contributed by atoms with van der Waals surface area (Å²) in [6, 6.07) is 14.6. The Hall–Kier alpha value is -3.15. The van der Waals surface area contributed by atoms with Gasteiger partial charge in [-0.25, -0.2) is 10.4 Å². The minimum absolute atomic E-state index is 0.250. The summed E-state index contributed by atoms with van der Waals surface area (Å²) in [5.74, 6) is 1.69. The molecule has 0 spiro atoms. The summed E-state index contributed by atoms with van der Waals surface area (Å²) < 4.78 is 5.36. The Bertz CT molecular complexity index is 850. The molecule has 22 heavy (non-hydrogen) atoms. The number of rotatable bonds is 4. The molecule has 0 atom stereocenters. The lowest BCUT2D eigenvalue weighted by molar-refractivity contribution is 0.528. The van der Waals surface area contributed by atoms with E-state index in [0.717, 1.165) is 11.3 Å². The van der Waals surface area contributed by atoms with E-state index in [2.05, 4.69) is 20.5 Å². The standard InChI is InChI=1S/C16H14N4O2/c1-11-7-8-13(22-11)10-17-20-16-18-14(9-15(21)19-16)12-5-3-2-4-6-12/h2-10H,1H3,(H2,18,19,20,21)/b17-10+. The molecule has 3 rings (SSSR count). The molecule has 2 aromatic heterocycles. The molecule has 0 aliphatic carbocycles. The van der Waals surface area contributed by atoms with E-state index in [4.69, 9.17) is 4.42 Å². The first-order chi connectivity index (χ1) is 10.7. The van der Waals surface area contributed by atoms with Crippen LogP contribution in [0.15, 0.2) is 62.8 Å². The summed E-state index contributed by atoms with van der Waals surface area (Å²) in [4.78, 5) is 18.6. The van der Waals surface area contributed by atoms with Crippen LogP contribution in [0, 0.1) is 6.92 Å². The zero-order chi connectivity index (χ0) is 15.4.